The molecule has 5 nitrogen and oxygen atoms in total. The first-order chi connectivity index (χ1) is 14.5. The number of carbonyl (C=O) groups is 1. The van der Waals surface area contributed by atoms with E-state index in [-0.39, 0.29) is 23.3 Å². The molecule has 152 valence electrons. The molecule has 1 N–H and O–H groups in total. The molecule has 1 heterocycles. The standard InChI is InChI=1S/C23H18BrIN2O3/c1-30-18-9-4-14(5-10-18)20-13-21(15-2-6-16(24)7-3-15)27(26-20)23(29)19-12-17(25)8-11-22(19)28/h2-12,21,28H,13H2,1H3. The highest BCUT2D eigenvalue weighted by molar-refractivity contribution is 14.1. The third-order valence-electron chi connectivity index (χ3n) is 4.99. The van der Waals surface area contributed by atoms with Crippen LogP contribution in [0.3, 0.4) is 0 Å². The van der Waals surface area contributed by atoms with E-state index in [9.17, 15) is 9.90 Å². The van der Waals surface area contributed by atoms with Gasteiger partial charge in [0.15, 0.2) is 0 Å². The van der Waals surface area contributed by atoms with Gasteiger partial charge in [-0.15, -0.1) is 0 Å². The number of aromatic hydroxyl groups is 1. The molecule has 4 rings (SSSR count). The summed E-state index contributed by atoms with van der Waals surface area (Å²) in [5, 5.41) is 16.4. The zero-order chi connectivity index (χ0) is 21.3. The third kappa shape index (κ3) is 4.22. The Labute approximate surface area is 196 Å². The van der Waals surface area contributed by atoms with Crippen molar-refractivity contribution in [2.75, 3.05) is 7.11 Å². The monoisotopic (exact) mass is 576 g/mol. The summed E-state index contributed by atoms with van der Waals surface area (Å²) in [5.74, 6) is 0.379. The van der Waals surface area contributed by atoms with Crippen LogP contribution in [-0.2, 0) is 0 Å². The largest absolute Gasteiger partial charge is 0.507 e. The van der Waals surface area contributed by atoms with Gasteiger partial charge in [0, 0.05) is 14.5 Å². The van der Waals surface area contributed by atoms with Gasteiger partial charge in [-0.1, -0.05) is 28.1 Å². The molecule has 0 fully saturated rings. The predicted octanol–water partition coefficient (Wildman–Crippen LogP) is 5.76. The van der Waals surface area contributed by atoms with Crippen molar-refractivity contribution in [3.63, 3.8) is 0 Å². The average Bonchev–Trinajstić information content (AvgIpc) is 3.21. The second kappa shape index (κ2) is 8.77. The van der Waals surface area contributed by atoms with Gasteiger partial charge in [-0.05, 0) is 88.3 Å². The number of nitrogens with zero attached hydrogens (tertiary/aromatic N) is 2. The van der Waals surface area contributed by atoms with Crippen molar-refractivity contribution in [2.45, 2.75) is 12.5 Å². The maximum absolute atomic E-state index is 13.4. The molecule has 0 saturated heterocycles. The molecule has 0 aliphatic carbocycles. The number of amides is 1. The highest BCUT2D eigenvalue weighted by Crippen LogP contribution is 2.36. The van der Waals surface area contributed by atoms with Crippen LogP contribution in [0, 0.1) is 3.57 Å². The average molecular weight is 577 g/mol. The van der Waals surface area contributed by atoms with E-state index < -0.39 is 0 Å². The van der Waals surface area contributed by atoms with Crippen LogP contribution in [0.1, 0.15) is 33.9 Å². The summed E-state index contributed by atoms with van der Waals surface area (Å²) >= 11 is 5.58. The lowest BCUT2D eigenvalue weighted by molar-refractivity contribution is 0.0708. The molecule has 0 spiro atoms. The lowest BCUT2D eigenvalue weighted by Crippen LogP contribution is -2.27. The van der Waals surface area contributed by atoms with Crippen LogP contribution in [0.2, 0.25) is 0 Å². The second-order valence-corrected chi connectivity index (χ2v) is 9.02. The Hall–Kier alpha value is -2.39. The number of hydrazone groups is 1. The molecule has 30 heavy (non-hydrogen) atoms. The molecule has 3 aromatic rings. The molecule has 1 amide bonds. The van der Waals surface area contributed by atoms with Crippen molar-refractivity contribution < 1.29 is 14.6 Å². The quantitative estimate of drug-likeness (QED) is 0.402. The predicted molar refractivity (Wildman–Crippen MR) is 128 cm³/mol. The number of phenols is 1. The van der Waals surface area contributed by atoms with E-state index >= 15 is 0 Å². The first-order valence-electron chi connectivity index (χ1n) is 9.25. The Morgan fingerprint density at radius 3 is 2.50 bits per heavy atom. The minimum Gasteiger partial charge on any atom is -0.507 e. The third-order valence-corrected chi connectivity index (χ3v) is 6.19. The Kier molecular flexibility index (Phi) is 6.10. The maximum atomic E-state index is 13.4. The molecule has 0 saturated carbocycles. The molecular weight excluding hydrogens is 559 g/mol. The molecule has 0 radical (unpaired) electrons. The first-order valence-corrected chi connectivity index (χ1v) is 11.1. The van der Waals surface area contributed by atoms with E-state index in [1.807, 2.05) is 48.5 Å². The van der Waals surface area contributed by atoms with Crippen molar-refractivity contribution in [3.05, 3.63) is 91.5 Å². The second-order valence-electron chi connectivity index (χ2n) is 6.86. The van der Waals surface area contributed by atoms with E-state index in [0.29, 0.717) is 6.42 Å². The highest BCUT2D eigenvalue weighted by atomic mass is 127. The van der Waals surface area contributed by atoms with Gasteiger partial charge >= 0.3 is 0 Å². The molecule has 1 atom stereocenters. The molecule has 3 aromatic carbocycles. The summed E-state index contributed by atoms with van der Waals surface area (Å²) < 4.78 is 7.07. The van der Waals surface area contributed by atoms with E-state index in [0.717, 1.165) is 30.6 Å². The van der Waals surface area contributed by atoms with Gasteiger partial charge in [-0.3, -0.25) is 4.79 Å². The van der Waals surface area contributed by atoms with Crippen LogP contribution in [-0.4, -0.2) is 28.8 Å². The lowest BCUT2D eigenvalue weighted by Gasteiger charge is -2.22. The van der Waals surface area contributed by atoms with Crippen LogP contribution in [0.4, 0.5) is 0 Å². The van der Waals surface area contributed by atoms with Crippen LogP contribution in [0.5, 0.6) is 11.5 Å². The van der Waals surface area contributed by atoms with Crippen molar-refractivity contribution in [1.29, 1.82) is 0 Å². The van der Waals surface area contributed by atoms with Crippen LogP contribution in [0.15, 0.2) is 76.3 Å². The van der Waals surface area contributed by atoms with Gasteiger partial charge in [-0.25, -0.2) is 5.01 Å². The van der Waals surface area contributed by atoms with Crippen LogP contribution in [0.25, 0.3) is 0 Å². The number of methoxy groups -OCH3 is 1. The molecule has 7 heteroatoms. The van der Waals surface area contributed by atoms with Gasteiger partial charge < -0.3 is 9.84 Å². The number of halogens is 2. The SMILES string of the molecule is COc1ccc(C2=NN(C(=O)c3cc(I)ccc3O)C(c3ccc(Br)cc3)C2)cc1. The topological polar surface area (TPSA) is 62.1 Å². The number of phenolic OH excluding ortho intramolecular Hbond substituents is 1. The van der Waals surface area contributed by atoms with Crippen molar-refractivity contribution in [2.24, 2.45) is 5.10 Å². The molecular formula is C23H18BrIN2O3. The van der Waals surface area contributed by atoms with Gasteiger partial charge in [0.2, 0.25) is 0 Å². The van der Waals surface area contributed by atoms with Gasteiger partial charge in [0.1, 0.15) is 11.5 Å². The van der Waals surface area contributed by atoms with Gasteiger partial charge in [0.05, 0.1) is 24.4 Å². The summed E-state index contributed by atoms with van der Waals surface area (Å²) in [6.07, 6.45) is 0.574. The fourth-order valence-electron chi connectivity index (χ4n) is 3.40. The summed E-state index contributed by atoms with van der Waals surface area (Å²) in [4.78, 5) is 13.4. The number of hydrogen-bond acceptors (Lipinski definition) is 4. The number of benzene rings is 3. The van der Waals surface area contributed by atoms with E-state index in [2.05, 4.69) is 43.6 Å². The van der Waals surface area contributed by atoms with Crippen LogP contribution < -0.4 is 4.74 Å². The normalized spacial score (nSPS) is 15.8. The molecule has 1 unspecified atom stereocenters. The summed E-state index contributed by atoms with van der Waals surface area (Å²) in [5.41, 5.74) is 2.96. The number of ether oxygens (including phenoxy) is 1. The zero-order valence-electron chi connectivity index (χ0n) is 16.0. The minimum atomic E-state index is -0.331. The fraction of sp³-hybridized carbons (Fsp3) is 0.130. The highest BCUT2D eigenvalue weighted by Gasteiger charge is 2.34. The summed E-state index contributed by atoms with van der Waals surface area (Å²) in [6, 6.07) is 20.2. The molecule has 0 aromatic heterocycles. The molecule has 1 aliphatic rings. The van der Waals surface area contributed by atoms with Gasteiger partial charge in [-0.2, -0.15) is 5.10 Å². The van der Waals surface area contributed by atoms with E-state index in [1.165, 1.54) is 11.1 Å². The van der Waals surface area contributed by atoms with E-state index in [4.69, 9.17) is 4.74 Å². The summed E-state index contributed by atoms with van der Waals surface area (Å²) in [6.45, 7) is 0. The Morgan fingerprint density at radius 1 is 1.13 bits per heavy atom. The number of rotatable bonds is 4. The maximum Gasteiger partial charge on any atom is 0.278 e. The minimum absolute atomic E-state index is 0.0527. The molecule has 1 aliphatic heterocycles. The smallest absolute Gasteiger partial charge is 0.278 e. The Bertz CT molecular complexity index is 1110. The summed E-state index contributed by atoms with van der Waals surface area (Å²) in [7, 11) is 1.62. The number of hydrogen-bond donors (Lipinski definition) is 1. The zero-order valence-corrected chi connectivity index (χ0v) is 19.8. The Balaban J connectivity index is 1.74. The van der Waals surface area contributed by atoms with E-state index in [1.54, 1.807) is 19.2 Å². The Morgan fingerprint density at radius 2 is 1.83 bits per heavy atom. The fourth-order valence-corrected chi connectivity index (χ4v) is 4.16. The molecule has 0 bridgehead atoms. The van der Waals surface area contributed by atoms with Crippen LogP contribution >= 0.6 is 38.5 Å². The lowest BCUT2D eigenvalue weighted by atomic mass is 9.98. The van der Waals surface area contributed by atoms with Crippen molar-refractivity contribution in [1.82, 2.24) is 5.01 Å². The number of carbonyl (C=O) groups excluding carboxylic acids is 1. The van der Waals surface area contributed by atoms with Crippen molar-refractivity contribution >= 4 is 50.1 Å². The van der Waals surface area contributed by atoms with Gasteiger partial charge in [0.25, 0.3) is 5.91 Å². The first kappa shape index (κ1) is 20.9. The van der Waals surface area contributed by atoms with Crippen molar-refractivity contribution in [3.8, 4) is 11.5 Å².